The standard InChI is InChI=1S/C16H23N3O3/c1-10-5-6-13(8-14(10)17)18-15(20)11(2)19-7-3-4-12(9-19)16(21)22/h5-6,8,11-12H,3-4,7,9,17H2,1-2H3,(H,18,20)(H,21,22). The highest BCUT2D eigenvalue weighted by atomic mass is 16.4. The fraction of sp³-hybridized carbons (Fsp3) is 0.500. The van der Waals surface area contributed by atoms with Crippen LogP contribution in [0.4, 0.5) is 11.4 Å². The first-order chi connectivity index (χ1) is 10.4. The lowest BCUT2D eigenvalue weighted by Gasteiger charge is -2.34. The van der Waals surface area contributed by atoms with Crippen LogP contribution in [0.1, 0.15) is 25.3 Å². The van der Waals surface area contributed by atoms with Crippen LogP contribution in [0.15, 0.2) is 18.2 Å². The number of piperidine rings is 1. The van der Waals surface area contributed by atoms with Crippen LogP contribution in [0, 0.1) is 12.8 Å². The SMILES string of the molecule is Cc1ccc(NC(=O)C(C)N2CCCC(C(=O)O)C2)cc1N. The van der Waals surface area contributed by atoms with Gasteiger partial charge in [0.2, 0.25) is 5.91 Å². The molecule has 0 saturated carbocycles. The van der Waals surface area contributed by atoms with Crippen LogP contribution >= 0.6 is 0 Å². The molecule has 6 nitrogen and oxygen atoms in total. The molecule has 1 aromatic rings. The molecule has 6 heteroatoms. The number of likely N-dealkylation sites (tertiary alicyclic amines) is 1. The average molecular weight is 305 g/mol. The summed E-state index contributed by atoms with van der Waals surface area (Å²) in [4.78, 5) is 25.4. The van der Waals surface area contributed by atoms with Gasteiger partial charge < -0.3 is 16.2 Å². The summed E-state index contributed by atoms with van der Waals surface area (Å²) in [5.41, 5.74) is 8.10. The van der Waals surface area contributed by atoms with E-state index in [0.29, 0.717) is 24.3 Å². The van der Waals surface area contributed by atoms with Crippen LogP contribution in [0.25, 0.3) is 0 Å². The van der Waals surface area contributed by atoms with E-state index in [1.54, 1.807) is 13.0 Å². The Kier molecular flexibility index (Phi) is 5.03. The van der Waals surface area contributed by atoms with Crippen LogP contribution in [0.3, 0.4) is 0 Å². The molecule has 1 fully saturated rings. The number of carbonyl (C=O) groups excluding carboxylic acids is 1. The van der Waals surface area contributed by atoms with Gasteiger partial charge in [0.1, 0.15) is 0 Å². The van der Waals surface area contributed by atoms with Gasteiger partial charge in [-0.25, -0.2) is 0 Å². The van der Waals surface area contributed by atoms with Crippen molar-refractivity contribution in [1.82, 2.24) is 4.90 Å². The van der Waals surface area contributed by atoms with E-state index in [1.165, 1.54) is 0 Å². The first-order valence-corrected chi connectivity index (χ1v) is 7.52. The Morgan fingerprint density at radius 2 is 2.18 bits per heavy atom. The Morgan fingerprint density at radius 1 is 1.45 bits per heavy atom. The molecule has 0 radical (unpaired) electrons. The number of nitrogen functional groups attached to an aromatic ring is 1. The smallest absolute Gasteiger partial charge is 0.307 e. The minimum absolute atomic E-state index is 0.144. The summed E-state index contributed by atoms with van der Waals surface area (Å²) in [5, 5.41) is 12.0. The molecule has 0 bridgehead atoms. The van der Waals surface area contributed by atoms with Crippen molar-refractivity contribution in [2.75, 3.05) is 24.1 Å². The zero-order valence-electron chi connectivity index (χ0n) is 13.0. The third kappa shape index (κ3) is 3.76. The monoisotopic (exact) mass is 305 g/mol. The number of carboxylic acids is 1. The van der Waals surface area contributed by atoms with E-state index in [-0.39, 0.29) is 17.9 Å². The number of aliphatic carboxylic acids is 1. The van der Waals surface area contributed by atoms with E-state index in [9.17, 15) is 9.59 Å². The van der Waals surface area contributed by atoms with Gasteiger partial charge in [0.15, 0.2) is 0 Å². The Hall–Kier alpha value is -2.08. The first kappa shape index (κ1) is 16.3. The summed E-state index contributed by atoms with van der Waals surface area (Å²) < 4.78 is 0. The summed E-state index contributed by atoms with van der Waals surface area (Å²) in [7, 11) is 0. The maximum Gasteiger partial charge on any atom is 0.307 e. The maximum absolute atomic E-state index is 12.3. The van der Waals surface area contributed by atoms with Gasteiger partial charge in [0.25, 0.3) is 0 Å². The topological polar surface area (TPSA) is 95.7 Å². The number of nitrogens with two attached hydrogens (primary N) is 1. The number of anilines is 2. The van der Waals surface area contributed by atoms with Crippen LogP contribution in [0.2, 0.25) is 0 Å². The van der Waals surface area contributed by atoms with Gasteiger partial charge in [-0.15, -0.1) is 0 Å². The Morgan fingerprint density at radius 3 is 2.82 bits per heavy atom. The molecule has 120 valence electrons. The summed E-state index contributed by atoms with van der Waals surface area (Å²) in [6.07, 6.45) is 1.47. The lowest BCUT2D eigenvalue weighted by atomic mass is 9.97. The van der Waals surface area contributed by atoms with Crippen molar-refractivity contribution in [3.8, 4) is 0 Å². The summed E-state index contributed by atoms with van der Waals surface area (Å²) >= 11 is 0. The van der Waals surface area contributed by atoms with Gasteiger partial charge in [-0.05, 0) is 50.9 Å². The van der Waals surface area contributed by atoms with Gasteiger partial charge in [0.05, 0.1) is 12.0 Å². The van der Waals surface area contributed by atoms with Gasteiger partial charge >= 0.3 is 5.97 Å². The second-order valence-electron chi connectivity index (χ2n) is 5.91. The van der Waals surface area contributed by atoms with Gasteiger partial charge in [0, 0.05) is 17.9 Å². The highest BCUT2D eigenvalue weighted by Gasteiger charge is 2.30. The molecular formula is C16H23N3O3. The molecule has 1 aliphatic rings. The number of carbonyl (C=O) groups is 2. The van der Waals surface area contributed by atoms with Crippen molar-refractivity contribution >= 4 is 23.3 Å². The number of hydrogen-bond acceptors (Lipinski definition) is 4. The van der Waals surface area contributed by atoms with Crippen LogP contribution in [-0.2, 0) is 9.59 Å². The maximum atomic E-state index is 12.3. The number of nitrogens with zero attached hydrogens (tertiary/aromatic N) is 1. The highest BCUT2D eigenvalue weighted by molar-refractivity contribution is 5.95. The van der Waals surface area contributed by atoms with E-state index in [1.807, 2.05) is 24.0 Å². The largest absolute Gasteiger partial charge is 0.481 e. The van der Waals surface area contributed by atoms with Crippen molar-refractivity contribution in [3.05, 3.63) is 23.8 Å². The molecule has 1 aliphatic heterocycles. The Bertz CT molecular complexity index is 574. The molecule has 1 saturated heterocycles. The zero-order chi connectivity index (χ0) is 16.3. The number of benzene rings is 1. The number of nitrogens with one attached hydrogen (secondary N) is 1. The molecule has 1 amide bonds. The van der Waals surface area contributed by atoms with E-state index in [0.717, 1.165) is 18.5 Å². The molecule has 4 N–H and O–H groups in total. The molecule has 0 aliphatic carbocycles. The molecule has 1 heterocycles. The predicted molar refractivity (Wildman–Crippen MR) is 85.6 cm³/mol. The molecular weight excluding hydrogens is 282 g/mol. The molecule has 1 aromatic carbocycles. The Balaban J connectivity index is 1.99. The first-order valence-electron chi connectivity index (χ1n) is 7.52. The predicted octanol–water partition coefficient (Wildman–Crippen LogP) is 1.70. The number of aryl methyl sites for hydroxylation is 1. The van der Waals surface area contributed by atoms with Gasteiger partial charge in [-0.1, -0.05) is 6.07 Å². The quantitative estimate of drug-likeness (QED) is 0.736. The number of amides is 1. The zero-order valence-corrected chi connectivity index (χ0v) is 13.0. The van der Waals surface area contributed by atoms with Crippen LogP contribution < -0.4 is 11.1 Å². The van der Waals surface area contributed by atoms with Crippen LogP contribution in [0.5, 0.6) is 0 Å². The normalized spacial score (nSPS) is 20.4. The average Bonchev–Trinajstić information content (AvgIpc) is 2.50. The lowest BCUT2D eigenvalue weighted by Crippen LogP contribution is -2.48. The third-order valence-electron chi connectivity index (χ3n) is 4.28. The lowest BCUT2D eigenvalue weighted by molar-refractivity contribution is -0.144. The molecule has 22 heavy (non-hydrogen) atoms. The minimum atomic E-state index is -0.788. The fourth-order valence-electron chi connectivity index (χ4n) is 2.69. The molecule has 0 aromatic heterocycles. The van der Waals surface area contributed by atoms with E-state index in [2.05, 4.69) is 5.32 Å². The van der Waals surface area contributed by atoms with E-state index in [4.69, 9.17) is 10.8 Å². The second kappa shape index (κ2) is 6.79. The highest BCUT2D eigenvalue weighted by Crippen LogP contribution is 2.21. The summed E-state index contributed by atoms with van der Waals surface area (Å²) in [5.74, 6) is -1.32. The van der Waals surface area contributed by atoms with E-state index < -0.39 is 5.97 Å². The minimum Gasteiger partial charge on any atom is -0.481 e. The number of hydrogen-bond donors (Lipinski definition) is 3. The van der Waals surface area contributed by atoms with Gasteiger partial charge in [-0.2, -0.15) is 0 Å². The molecule has 0 spiro atoms. The van der Waals surface area contributed by atoms with Crippen molar-refractivity contribution in [1.29, 1.82) is 0 Å². The number of rotatable bonds is 4. The van der Waals surface area contributed by atoms with Crippen LogP contribution in [-0.4, -0.2) is 41.0 Å². The summed E-state index contributed by atoms with van der Waals surface area (Å²) in [6, 6.07) is 5.03. The van der Waals surface area contributed by atoms with Crippen molar-refractivity contribution < 1.29 is 14.7 Å². The van der Waals surface area contributed by atoms with Crippen molar-refractivity contribution in [3.63, 3.8) is 0 Å². The molecule has 2 unspecified atom stereocenters. The van der Waals surface area contributed by atoms with Gasteiger partial charge in [-0.3, -0.25) is 14.5 Å². The van der Waals surface area contributed by atoms with E-state index >= 15 is 0 Å². The Labute approximate surface area is 130 Å². The molecule has 2 rings (SSSR count). The third-order valence-corrected chi connectivity index (χ3v) is 4.28. The van der Waals surface area contributed by atoms with Crippen molar-refractivity contribution in [2.45, 2.75) is 32.7 Å². The fourth-order valence-corrected chi connectivity index (χ4v) is 2.69. The molecule has 2 atom stereocenters. The summed E-state index contributed by atoms with van der Waals surface area (Å²) in [6.45, 7) is 4.87. The number of carboxylic acid groups (broad SMARTS) is 1. The van der Waals surface area contributed by atoms with Crippen molar-refractivity contribution in [2.24, 2.45) is 5.92 Å². The second-order valence-corrected chi connectivity index (χ2v) is 5.91.